The van der Waals surface area contributed by atoms with E-state index in [0.29, 0.717) is 46.4 Å². The molecule has 0 bridgehead atoms. The van der Waals surface area contributed by atoms with Crippen molar-refractivity contribution in [2.75, 3.05) is 20.8 Å². The van der Waals surface area contributed by atoms with Crippen molar-refractivity contribution < 1.29 is 19.4 Å². The van der Waals surface area contributed by atoms with Crippen LogP contribution in [0.5, 0.6) is 17.2 Å². The number of ether oxygens (including phenoxy) is 2. The Morgan fingerprint density at radius 1 is 1.05 bits per heavy atom. The number of nitrogens with one attached hydrogen (secondary N) is 1. The van der Waals surface area contributed by atoms with E-state index < -0.39 is 6.04 Å². The van der Waals surface area contributed by atoms with Crippen molar-refractivity contribution in [2.45, 2.75) is 26.3 Å². The average Bonchev–Trinajstić information content (AvgIpc) is 3.43. The molecule has 2 N–H and O–H groups in total. The highest BCUT2D eigenvalue weighted by Crippen LogP contribution is 2.45. The highest BCUT2D eigenvalue weighted by molar-refractivity contribution is 6.30. The molecule has 0 spiro atoms. The summed E-state index contributed by atoms with van der Waals surface area (Å²) in [6.45, 7) is 4.28. The van der Waals surface area contributed by atoms with Gasteiger partial charge in [0.15, 0.2) is 11.5 Å². The summed E-state index contributed by atoms with van der Waals surface area (Å²) < 4.78 is 10.8. The van der Waals surface area contributed by atoms with E-state index in [0.717, 1.165) is 27.8 Å². The third kappa shape index (κ3) is 4.40. The van der Waals surface area contributed by atoms with Crippen LogP contribution < -0.4 is 9.47 Å². The number of benzene rings is 3. The summed E-state index contributed by atoms with van der Waals surface area (Å²) >= 11 is 6.37. The number of hydrogen-bond acceptors (Lipinski definition) is 5. The van der Waals surface area contributed by atoms with E-state index in [2.05, 4.69) is 10.2 Å². The van der Waals surface area contributed by atoms with E-state index in [1.165, 1.54) is 0 Å². The number of phenolic OH excluding ortho intramolecular Hbond substituents is 1. The smallest absolute Gasteiger partial charge is 0.273 e. The predicted octanol–water partition coefficient (Wildman–Crippen LogP) is 5.86. The lowest BCUT2D eigenvalue weighted by molar-refractivity contribution is 0.0746. The van der Waals surface area contributed by atoms with E-state index in [-0.39, 0.29) is 11.7 Å². The lowest BCUT2D eigenvalue weighted by atomic mass is 9.94. The highest BCUT2D eigenvalue weighted by atomic mass is 35.5. The number of fused-ring (bicyclic) bond motifs is 1. The summed E-state index contributed by atoms with van der Waals surface area (Å²) in [5.41, 5.74) is 5.94. The summed E-state index contributed by atoms with van der Waals surface area (Å²) in [4.78, 5) is 15.5. The van der Waals surface area contributed by atoms with Crippen molar-refractivity contribution in [3.8, 4) is 28.5 Å². The van der Waals surface area contributed by atoms with E-state index in [9.17, 15) is 9.90 Å². The second kappa shape index (κ2) is 9.82. The van der Waals surface area contributed by atoms with Crippen LogP contribution >= 0.6 is 11.6 Å². The number of carbonyl (C=O) groups excluding carboxylic acids is 1. The molecule has 190 valence electrons. The molecule has 1 aliphatic rings. The zero-order valence-corrected chi connectivity index (χ0v) is 21.9. The van der Waals surface area contributed by atoms with Crippen molar-refractivity contribution in [1.29, 1.82) is 0 Å². The molecule has 1 aromatic heterocycles. The van der Waals surface area contributed by atoms with E-state index in [1.54, 1.807) is 14.2 Å². The van der Waals surface area contributed by atoms with E-state index in [1.807, 2.05) is 73.3 Å². The monoisotopic (exact) mass is 517 g/mol. The van der Waals surface area contributed by atoms with Gasteiger partial charge in [-0.3, -0.25) is 9.89 Å². The molecule has 1 aliphatic heterocycles. The maximum absolute atomic E-state index is 13.7. The van der Waals surface area contributed by atoms with E-state index in [4.69, 9.17) is 21.1 Å². The molecule has 2 heterocycles. The molecule has 37 heavy (non-hydrogen) atoms. The van der Waals surface area contributed by atoms with Gasteiger partial charge < -0.3 is 19.5 Å². The van der Waals surface area contributed by atoms with Crippen LogP contribution in [0.3, 0.4) is 0 Å². The van der Waals surface area contributed by atoms with Crippen LogP contribution in [0.25, 0.3) is 11.3 Å². The van der Waals surface area contributed by atoms with Crippen LogP contribution in [0.4, 0.5) is 0 Å². The fourth-order valence-electron chi connectivity index (χ4n) is 5.08. The topological polar surface area (TPSA) is 87.7 Å². The van der Waals surface area contributed by atoms with Crippen molar-refractivity contribution in [3.05, 3.63) is 93.1 Å². The Morgan fingerprint density at radius 3 is 2.57 bits per heavy atom. The second-order valence-electron chi connectivity index (χ2n) is 9.23. The van der Waals surface area contributed by atoms with Gasteiger partial charge in [-0.2, -0.15) is 5.10 Å². The second-order valence-corrected chi connectivity index (χ2v) is 9.67. The third-order valence-electron chi connectivity index (χ3n) is 6.82. The van der Waals surface area contributed by atoms with Crippen LogP contribution in [0, 0.1) is 13.8 Å². The van der Waals surface area contributed by atoms with Crippen molar-refractivity contribution in [1.82, 2.24) is 15.1 Å². The van der Waals surface area contributed by atoms with E-state index >= 15 is 0 Å². The molecule has 3 aromatic carbocycles. The number of rotatable bonds is 7. The molecule has 0 saturated carbocycles. The molecule has 5 rings (SSSR count). The highest BCUT2D eigenvalue weighted by Gasteiger charge is 2.42. The molecule has 1 amide bonds. The first-order valence-electron chi connectivity index (χ1n) is 12.0. The summed E-state index contributed by atoms with van der Waals surface area (Å²) in [7, 11) is 3.20. The average molecular weight is 518 g/mol. The van der Waals surface area contributed by atoms with Gasteiger partial charge in [0, 0.05) is 22.7 Å². The molecule has 0 radical (unpaired) electrons. The zero-order chi connectivity index (χ0) is 26.3. The van der Waals surface area contributed by atoms with Gasteiger partial charge in [0.1, 0.15) is 17.1 Å². The SMILES string of the molecule is COc1ccc(CCN2C(=O)c3[nH]nc(-c4cc(C)cc(C)c4O)c3[C@H]2c2cccc(Cl)c2)cc1OC. The van der Waals surface area contributed by atoms with Gasteiger partial charge in [0.2, 0.25) is 0 Å². The van der Waals surface area contributed by atoms with Gasteiger partial charge in [0.25, 0.3) is 5.91 Å². The molecular weight excluding hydrogens is 490 g/mol. The first kappa shape index (κ1) is 24.7. The van der Waals surface area contributed by atoms with Gasteiger partial charge in [-0.25, -0.2) is 0 Å². The number of aromatic hydroxyl groups is 1. The number of nitrogens with zero attached hydrogens (tertiary/aromatic N) is 2. The molecule has 0 unspecified atom stereocenters. The largest absolute Gasteiger partial charge is 0.507 e. The zero-order valence-electron chi connectivity index (χ0n) is 21.1. The number of H-pyrrole nitrogens is 1. The minimum Gasteiger partial charge on any atom is -0.507 e. The normalized spacial score (nSPS) is 14.7. The molecule has 0 aliphatic carbocycles. The molecule has 1 atom stereocenters. The van der Waals surface area contributed by atoms with Crippen LogP contribution in [0.2, 0.25) is 5.02 Å². The van der Waals surface area contributed by atoms with Gasteiger partial charge >= 0.3 is 0 Å². The number of aryl methyl sites for hydroxylation is 2. The molecular formula is C29H28ClN3O4. The first-order chi connectivity index (χ1) is 17.8. The standard InChI is InChI=1S/C29H28ClN3O4/c1-16-12-17(2)28(34)21(13-16)25-24-26(32-31-25)29(35)33(27(24)19-6-5-7-20(30)15-19)11-10-18-8-9-22(36-3)23(14-18)37-4/h5-9,12-15,27,34H,10-11H2,1-4H3,(H,31,32)/t27-/m1/s1. The van der Waals surface area contributed by atoms with Gasteiger partial charge in [-0.15, -0.1) is 0 Å². The number of phenols is 1. The first-order valence-corrected chi connectivity index (χ1v) is 12.4. The maximum atomic E-state index is 13.7. The lowest BCUT2D eigenvalue weighted by Crippen LogP contribution is -2.31. The Hall–Kier alpha value is -3.97. The lowest BCUT2D eigenvalue weighted by Gasteiger charge is -2.27. The molecule has 7 nitrogen and oxygen atoms in total. The Morgan fingerprint density at radius 2 is 1.84 bits per heavy atom. The number of methoxy groups -OCH3 is 2. The van der Waals surface area contributed by atoms with Gasteiger partial charge in [0.05, 0.1) is 20.3 Å². The minimum absolute atomic E-state index is 0.150. The Kier molecular flexibility index (Phi) is 6.56. The number of aromatic amines is 1. The predicted molar refractivity (Wildman–Crippen MR) is 143 cm³/mol. The Labute approximate surface area is 220 Å². The van der Waals surface area contributed by atoms with Crippen molar-refractivity contribution >= 4 is 17.5 Å². The fourth-order valence-corrected chi connectivity index (χ4v) is 5.28. The number of halogens is 1. The minimum atomic E-state index is -0.421. The fraction of sp³-hybridized carbons (Fsp3) is 0.241. The molecule has 8 heteroatoms. The molecule has 0 saturated heterocycles. The third-order valence-corrected chi connectivity index (χ3v) is 7.05. The number of carbonyl (C=O) groups is 1. The number of amides is 1. The van der Waals surface area contributed by atoms with Crippen LogP contribution in [-0.4, -0.2) is 46.9 Å². The quantitative estimate of drug-likeness (QED) is 0.321. The van der Waals surface area contributed by atoms with Crippen molar-refractivity contribution in [3.63, 3.8) is 0 Å². The van der Waals surface area contributed by atoms with Gasteiger partial charge in [-0.1, -0.05) is 35.9 Å². The Bertz CT molecular complexity index is 1500. The summed E-state index contributed by atoms with van der Waals surface area (Å²) in [6.07, 6.45) is 0.602. The molecule has 4 aromatic rings. The van der Waals surface area contributed by atoms with Crippen LogP contribution in [0.1, 0.15) is 44.3 Å². The summed E-state index contributed by atoms with van der Waals surface area (Å²) in [6, 6.07) is 16.7. The van der Waals surface area contributed by atoms with Crippen molar-refractivity contribution in [2.24, 2.45) is 0 Å². The van der Waals surface area contributed by atoms with Crippen LogP contribution in [-0.2, 0) is 6.42 Å². The summed E-state index contributed by atoms with van der Waals surface area (Å²) in [5.74, 6) is 1.30. The number of aromatic nitrogens is 2. The summed E-state index contributed by atoms with van der Waals surface area (Å²) in [5, 5.41) is 18.9. The maximum Gasteiger partial charge on any atom is 0.273 e. The van der Waals surface area contributed by atoms with Gasteiger partial charge in [-0.05, 0) is 72.9 Å². The van der Waals surface area contributed by atoms with Crippen LogP contribution in [0.15, 0.2) is 54.6 Å². The molecule has 0 fully saturated rings. The number of hydrogen-bond donors (Lipinski definition) is 2. The Balaban J connectivity index is 1.57.